The van der Waals surface area contributed by atoms with Crippen LogP contribution in [0.1, 0.15) is 12.5 Å². The van der Waals surface area contributed by atoms with Gasteiger partial charge in [0.25, 0.3) is 5.69 Å². The van der Waals surface area contributed by atoms with Gasteiger partial charge in [-0.1, -0.05) is 5.16 Å². The molecule has 0 heterocycles. The Morgan fingerprint density at radius 1 is 1.19 bits per heavy atom. The molecule has 0 fully saturated rings. The fourth-order valence-electron chi connectivity index (χ4n) is 1.40. The lowest BCUT2D eigenvalue weighted by molar-refractivity contribution is -0.384. The Morgan fingerprint density at radius 3 is 2.31 bits per heavy atom. The van der Waals surface area contributed by atoms with Crippen molar-refractivity contribution in [1.29, 1.82) is 0 Å². The van der Waals surface area contributed by atoms with E-state index in [0.29, 0.717) is 10.6 Å². The normalized spacial score (nSPS) is 10.8. The van der Waals surface area contributed by atoms with E-state index in [1.54, 1.807) is 13.2 Å². The van der Waals surface area contributed by atoms with Crippen molar-refractivity contribution < 1.29 is 24.1 Å². The summed E-state index contributed by atoms with van der Waals surface area (Å²) in [5.74, 6) is 0. The number of benzene rings is 1. The van der Waals surface area contributed by atoms with E-state index in [1.165, 1.54) is 50.1 Å². The van der Waals surface area contributed by atoms with Gasteiger partial charge < -0.3 is 4.74 Å². The number of hydrogen-bond donors (Lipinski definition) is 0. The third kappa shape index (κ3) is 7.19. The standard InChI is InChI=1S/C14H18N4O6S2/c1-10(25-4)15-24-14(20)17(3)26-16(2)13(19)23-9-11-5-7-12(8-6-11)18(21)22/h5-8H,9H2,1-4H3. The molecule has 12 heteroatoms. The van der Waals surface area contributed by atoms with Gasteiger partial charge in [0.05, 0.1) is 17.1 Å². The van der Waals surface area contributed by atoms with Crippen molar-refractivity contribution in [2.24, 2.45) is 5.16 Å². The molecule has 0 aromatic heterocycles. The Bertz CT molecular complexity index is 683. The van der Waals surface area contributed by atoms with Crippen LogP contribution in [-0.2, 0) is 16.2 Å². The minimum absolute atomic E-state index is 0.0488. The molecule has 0 unspecified atom stereocenters. The molecule has 1 rings (SSSR count). The van der Waals surface area contributed by atoms with Gasteiger partial charge in [-0.2, -0.15) is 0 Å². The molecule has 0 bridgehead atoms. The van der Waals surface area contributed by atoms with Gasteiger partial charge in [0.1, 0.15) is 11.7 Å². The fourth-order valence-corrected chi connectivity index (χ4v) is 2.10. The second-order valence-electron chi connectivity index (χ2n) is 4.73. The van der Waals surface area contributed by atoms with Crippen molar-refractivity contribution in [3.63, 3.8) is 0 Å². The molecule has 0 saturated heterocycles. The predicted molar refractivity (Wildman–Crippen MR) is 99.5 cm³/mol. The molecule has 2 amide bonds. The number of amides is 2. The highest BCUT2D eigenvalue weighted by atomic mass is 32.2. The van der Waals surface area contributed by atoms with Gasteiger partial charge in [0.2, 0.25) is 0 Å². The van der Waals surface area contributed by atoms with E-state index in [-0.39, 0.29) is 12.3 Å². The lowest BCUT2D eigenvalue weighted by atomic mass is 10.2. The summed E-state index contributed by atoms with van der Waals surface area (Å²) in [5, 5.41) is 14.8. The summed E-state index contributed by atoms with van der Waals surface area (Å²) in [5.41, 5.74) is 0.546. The van der Waals surface area contributed by atoms with E-state index in [1.807, 2.05) is 0 Å². The summed E-state index contributed by atoms with van der Waals surface area (Å²) in [6, 6.07) is 5.63. The molecule has 0 saturated carbocycles. The number of non-ortho nitro benzene ring substituents is 1. The van der Waals surface area contributed by atoms with E-state index in [9.17, 15) is 19.7 Å². The van der Waals surface area contributed by atoms with Crippen LogP contribution in [0.2, 0.25) is 0 Å². The van der Waals surface area contributed by atoms with E-state index >= 15 is 0 Å². The van der Waals surface area contributed by atoms with E-state index in [2.05, 4.69) is 5.16 Å². The first-order chi connectivity index (χ1) is 12.2. The predicted octanol–water partition coefficient (Wildman–Crippen LogP) is 3.49. The fraction of sp³-hybridized carbons (Fsp3) is 0.357. The summed E-state index contributed by atoms with van der Waals surface area (Å²) >= 11 is 2.10. The number of carbonyl (C=O) groups is 2. The summed E-state index contributed by atoms with van der Waals surface area (Å²) in [6.07, 6.45) is 0.343. The SMILES string of the molecule is CSC(C)=NOC(=O)N(C)SN(C)C(=O)OCc1ccc([N+](=O)[O-])cc1. The molecule has 0 radical (unpaired) electrons. The van der Waals surface area contributed by atoms with E-state index in [0.717, 1.165) is 20.7 Å². The zero-order chi connectivity index (χ0) is 19.7. The zero-order valence-corrected chi connectivity index (χ0v) is 16.2. The van der Waals surface area contributed by atoms with Gasteiger partial charge in [-0.3, -0.25) is 15.0 Å². The number of nitro groups is 1. The number of carbonyl (C=O) groups excluding carboxylic acids is 2. The molecule has 0 aliphatic heterocycles. The first-order valence-corrected chi connectivity index (χ1v) is 9.05. The Balaban J connectivity index is 2.46. The summed E-state index contributed by atoms with van der Waals surface area (Å²) in [6.45, 7) is 1.62. The number of rotatable bonds is 6. The number of nitro benzene ring substituents is 1. The Kier molecular flexibility index (Phi) is 8.72. The molecule has 1 aromatic carbocycles. The summed E-state index contributed by atoms with van der Waals surface area (Å²) in [4.78, 5) is 38.4. The van der Waals surface area contributed by atoms with Gasteiger partial charge in [-0.25, -0.2) is 18.2 Å². The average Bonchev–Trinajstić information content (AvgIpc) is 2.63. The molecule has 142 valence electrons. The van der Waals surface area contributed by atoms with Gasteiger partial charge in [-0.05, 0) is 30.9 Å². The molecule has 0 aliphatic carbocycles. The maximum absolute atomic E-state index is 11.9. The third-order valence-corrected chi connectivity index (χ3v) is 4.27. The van der Waals surface area contributed by atoms with Crippen LogP contribution in [-0.4, -0.2) is 51.1 Å². The Hall–Kier alpha value is -2.47. The first kappa shape index (κ1) is 21.6. The van der Waals surface area contributed by atoms with Crippen LogP contribution >= 0.6 is 23.9 Å². The van der Waals surface area contributed by atoms with Gasteiger partial charge in [-0.15, -0.1) is 11.8 Å². The second-order valence-corrected chi connectivity index (χ2v) is 6.98. The number of ether oxygens (including phenoxy) is 1. The van der Waals surface area contributed by atoms with Crippen LogP contribution in [0.15, 0.2) is 29.4 Å². The first-order valence-electron chi connectivity index (χ1n) is 7.09. The van der Waals surface area contributed by atoms with Crippen LogP contribution in [0.3, 0.4) is 0 Å². The highest BCUT2D eigenvalue weighted by Crippen LogP contribution is 2.17. The molecule has 0 spiro atoms. The van der Waals surface area contributed by atoms with Gasteiger partial charge in [0.15, 0.2) is 0 Å². The monoisotopic (exact) mass is 402 g/mol. The maximum Gasteiger partial charge on any atom is 0.447 e. The molecule has 26 heavy (non-hydrogen) atoms. The molecule has 0 N–H and O–H groups in total. The Morgan fingerprint density at radius 2 is 1.77 bits per heavy atom. The number of nitrogens with zero attached hydrogens (tertiary/aromatic N) is 4. The van der Waals surface area contributed by atoms with Gasteiger partial charge >= 0.3 is 12.2 Å². The largest absolute Gasteiger partial charge is 0.447 e. The number of hydrogen-bond acceptors (Lipinski definition) is 9. The van der Waals surface area contributed by atoms with Crippen LogP contribution in [0, 0.1) is 10.1 Å². The van der Waals surface area contributed by atoms with Crippen molar-refractivity contribution in [3.8, 4) is 0 Å². The third-order valence-electron chi connectivity index (χ3n) is 2.82. The number of thioether (sulfide) groups is 1. The van der Waals surface area contributed by atoms with Crippen LogP contribution < -0.4 is 0 Å². The minimum Gasteiger partial charge on any atom is -0.444 e. The van der Waals surface area contributed by atoms with Crippen molar-refractivity contribution in [1.82, 2.24) is 8.61 Å². The molecular weight excluding hydrogens is 384 g/mol. The molecule has 10 nitrogen and oxygen atoms in total. The van der Waals surface area contributed by atoms with Crippen LogP contribution in [0.25, 0.3) is 0 Å². The highest BCUT2D eigenvalue weighted by Gasteiger charge is 2.19. The molecule has 1 aromatic rings. The smallest absolute Gasteiger partial charge is 0.444 e. The minimum atomic E-state index is -0.751. The quantitative estimate of drug-likeness (QED) is 0.177. The topological polar surface area (TPSA) is 115 Å². The second kappa shape index (κ2) is 10.5. The molecule has 0 atom stereocenters. The van der Waals surface area contributed by atoms with Crippen LogP contribution in [0.4, 0.5) is 15.3 Å². The summed E-state index contributed by atoms with van der Waals surface area (Å²) in [7, 11) is 2.83. The van der Waals surface area contributed by atoms with E-state index in [4.69, 9.17) is 9.57 Å². The van der Waals surface area contributed by atoms with Crippen LogP contribution in [0.5, 0.6) is 0 Å². The lowest BCUT2D eigenvalue weighted by Gasteiger charge is -2.20. The van der Waals surface area contributed by atoms with Crippen molar-refractivity contribution in [2.45, 2.75) is 13.5 Å². The Labute approximate surface area is 158 Å². The van der Waals surface area contributed by atoms with Crippen molar-refractivity contribution in [3.05, 3.63) is 39.9 Å². The highest BCUT2D eigenvalue weighted by molar-refractivity contribution is 8.13. The van der Waals surface area contributed by atoms with Crippen molar-refractivity contribution in [2.75, 3.05) is 20.4 Å². The average molecular weight is 402 g/mol. The van der Waals surface area contributed by atoms with E-state index < -0.39 is 17.1 Å². The molecular formula is C14H18N4O6S2. The number of oxime groups is 1. The van der Waals surface area contributed by atoms with Crippen molar-refractivity contribution >= 4 is 46.8 Å². The van der Waals surface area contributed by atoms with Gasteiger partial charge in [0, 0.05) is 26.2 Å². The summed E-state index contributed by atoms with van der Waals surface area (Å²) < 4.78 is 7.24. The lowest BCUT2D eigenvalue weighted by Crippen LogP contribution is -2.29. The molecule has 0 aliphatic rings. The maximum atomic E-state index is 11.9. The zero-order valence-electron chi connectivity index (χ0n) is 14.6.